The molecule has 2 unspecified atom stereocenters. The fraction of sp³-hybridized carbons (Fsp3) is 0.882. The molecule has 2 atom stereocenters. The van der Waals surface area contributed by atoms with Crippen molar-refractivity contribution < 1.29 is 24.5 Å². The summed E-state index contributed by atoms with van der Waals surface area (Å²) in [5.41, 5.74) is 0. The minimum Gasteiger partial charge on any atom is -0.466 e. The molecule has 0 heterocycles. The molecule has 0 aromatic rings. The van der Waals surface area contributed by atoms with E-state index in [1.165, 1.54) is 167 Å². The fourth-order valence-corrected chi connectivity index (χ4v) is 7.57. The van der Waals surface area contributed by atoms with Gasteiger partial charge in [0.05, 0.1) is 25.4 Å². The Bertz CT molecular complexity index is 889. The monoisotopic (exact) mass is 804 g/mol. The summed E-state index contributed by atoms with van der Waals surface area (Å²) in [5.74, 6) is -0.0943. The lowest BCUT2D eigenvalue weighted by Gasteiger charge is -2.20. The van der Waals surface area contributed by atoms with E-state index in [1.54, 1.807) is 6.08 Å². The predicted molar refractivity (Wildman–Crippen MR) is 246 cm³/mol. The maximum Gasteiger partial charge on any atom is 0.305 e. The molecular formula is C51H97NO5. The summed E-state index contributed by atoms with van der Waals surface area (Å²) in [7, 11) is 0. The van der Waals surface area contributed by atoms with Crippen LogP contribution in [0.5, 0.6) is 0 Å². The number of nitrogens with one attached hydrogen (secondary N) is 1. The Balaban J connectivity index is 3.48. The Morgan fingerprint density at radius 2 is 0.825 bits per heavy atom. The zero-order valence-corrected chi connectivity index (χ0v) is 38.1. The number of amides is 1. The molecule has 0 bridgehead atoms. The van der Waals surface area contributed by atoms with Crippen molar-refractivity contribution in [3.05, 3.63) is 24.3 Å². The van der Waals surface area contributed by atoms with Crippen LogP contribution in [-0.2, 0) is 14.3 Å². The summed E-state index contributed by atoms with van der Waals surface area (Å²) in [5, 5.41) is 22.9. The van der Waals surface area contributed by atoms with Gasteiger partial charge in [0.15, 0.2) is 0 Å². The van der Waals surface area contributed by atoms with Gasteiger partial charge in [-0.05, 0) is 57.8 Å². The number of hydrogen-bond acceptors (Lipinski definition) is 5. The molecule has 0 aromatic heterocycles. The highest BCUT2D eigenvalue weighted by Crippen LogP contribution is 2.15. The van der Waals surface area contributed by atoms with E-state index in [2.05, 4.69) is 31.3 Å². The molecule has 6 heteroatoms. The number of ether oxygens (including phenoxy) is 1. The minimum atomic E-state index is -0.852. The SMILES string of the molecule is CCCCCCCCCCC/C=C/C(O)C(CO)NC(=O)CCCCCCCCC/C=C\CCCCCCOC(=O)CCCCCCCCCCCCCCCC. The Kier molecular flexibility index (Phi) is 45.7. The van der Waals surface area contributed by atoms with Gasteiger partial charge in [-0.15, -0.1) is 0 Å². The smallest absolute Gasteiger partial charge is 0.305 e. The van der Waals surface area contributed by atoms with E-state index in [4.69, 9.17) is 4.74 Å². The Labute approximate surface area is 354 Å². The van der Waals surface area contributed by atoms with Gasteiger partial charge in [-0.25, -0.2) is 0 Å². The molecular weight excluding hydrogens is 707 g/mol. The van der Waals surface area contributed by atoms with Crippen molar-refractivity contribution >= 4 is 11.9 Å². The molecule has 6 nitrogen and oxygen atoms in total. The number of unbranched alkanes of at least 4 members (excludes halogenated alkanes) is 33. The zero-order chi connectivity index (χ0) is 41.5. The molecule has 0 saturated carbocycles. The minimum absolute atomic E-state index is 0.00958. The number of aliphatic hydroxyl groups is 2. The number of carbonyl (C=O) groups is 2. The molecule has 3 N–H and O–H groups in total. The first-order valence-corrected chi connectivity index (χ1v) is 25.1. The van der Waals surface area contributed by atoms with Gasteiger partial charge in [-0.3, -0.25) is 9.59 Å². The van der Waals surface area contributed by atoms with Crippen molar-refractivity contribution in [1.82, 2.24) is 5.32 Å². The van der Waals surface area contributed by atoms with Gasteiger partial charge in [-0.1, -0.05) is 218 Å². The third kappa shape index (κ3) is 43.7. The molecule has 0 fully saturated rings. The highest BCUT2D eigenvalue weighted by atomic mass is 16.5. The number of rotatable bonds is 46. The summed E-state index contributed by atoms with van der Waals surface area (Å²) in [6.07, 6.45) is 54.6. The van der Waals surface area contributed by atoms with Crippen LogP contribution in [0.25, 0.3) is 0 Å². The van der Waals surface area contributed by atoms with E-state index in [9.17, 15) is 19.8 Å². The van der Waals surface area contributed by atoms with Gasteiger partial charge < -0.3 is 20.3 Å². The van der Waals surface area contributed by atoms with Gasteiger partial charge >= 0.3 is 5.97 Å². The molecule has 0 aromatic carbocycles. The van der Waals surface area contributed by atoms with Gasteiger partial charge in [0.1, 0.15) is 0 Å². The molecule has 0 aliphatic heterocycles. The summed E-state index contributed by atoms with van der Waals surface area (Å²) >= 11 is 0. The molecule has 336 valence electrons. The maximum atomic E-state index is 12.4. The second kappa shape index (κ2) is 47.0. The Morgan fingerprint density at radius 3 is 1.25 bits per heavy atom. The van der Waals surface area contributed by atoms with Crippen molar-refractivity contribution in [2.45, 2.75) is 276 Å². The van der Waals surface area contributed by atoms with Gasteiger partial charge in [0.2, 0.25) is 5.91 Å². The first kappa shape index (κ1) is 55.3. The van der Waals surface area contributed by atoms with Crippen molar-refractivity contribution in [2.24, 2.45) is 0 Å². The zero-order valence-electron chi connectivity index (χ0n) is 38.1. The number of esters is 1. The second-order valence-corrected chi connectivity index (χ2v) is 17.1. The van der Waals surface area contributed by atoms with Crippen LogP contribution in [-0.4, -0.2) is 47.4 Å². The van der Waals surface area contributed by atoms with Crippen LogP contribution in [0.3, 0.4) is 0 Å². The van der Waals surface area contributed by atoms with Crippen LogP contribution in [0.15, 0.2) is 24.3 Å². The second-order valence-electron chi connectivity index (χ2n) is 17.1. The molecule has 1 amide bonds. The summed E-state index contributed by atoms with van der Waals surface area (Å²) in [6, 6.07) is -0.637. The molecule has 57 heavy (non-hydrogen) atoms. The van der Waals surface area contributed by atoms with Gasteiger partial charge in [-0.2, -0.15) is 0 Å². The van der Waals surface area contributed by atoms with E-state index >= 15 is 0 Å². The summed E-state index contributed by atoms with van der Waals surface area (Å²) in [4.78, 5) is 24.4. The lowest BCUT2D eigenvalue weighted by molar-refractivity contribution is -0.143. The fourth-order valence-electron chi connectivity index (χ4n) is 7.57. The van der Waals surface area contributed by atoms with Crippen LogP contribution in [0, 0.1) is 0 Å². The van der Waals surface area contributed by atoms with E-state index in [1.807, 2.05) is 6.08 Å². The highest BCUT2D eigenvalue weighted by Gasteiger charge is 2.18. The van der Waals surface area contributed by atoms with Crippen molar-refractivity contribution in [3.8, 4) is 0 Å². The first-order chi connectivity index (χ1) is 28.0. The lowest BCUT2D eigenvalue weighted by Crippen LogP contribution is -2.45. The van der Waals surface area contributed by atoms with E-state index in [0.29, 0.717) is 19.4 Å². The maximum absolute atomic E-state index is 12.4. The largest absolute Gasteiger partial charge is 0.466 e. The topological polar surface area (TPSA) is 95.9 Å². The normalized spacial score (nSPS) is 12.8. The van der Waals surface area contributed by atoms with E-state index < -0.39 is 12.1 Å². The molecule has 0 radical (unpaired) electrons. The van der Waals surface area contributed by atoms with Crippen LogP contribution >= 0.6 is 0 Å². The lowest BCUT2D eigenvalue weighted by atomic mass is 10.0. The average Bonchev–Trinajstić information content (AvgIpc) is 3.21. The Hall–Kier alpha value is -1.66. The quantitative estimate of drug-likeness (QED) is 0.0324. The third-order valence-electron chi connectivity index (χ3n) is 11.5. The number of allylic oxidation sites excluding steroid dienone is 3. The highest BCUT2D eigenvalue weighted by molar-refractivity contribution is 5.76. The number of carbonyl (C=O) groups excluding carboxylic acids is 2. The van der Waals surface area contributed by atoms with Crippen LogP contribution < -0.4 is 5.32 Å². The van der Waals surface area contributed by atoms with Crippen LogP contribution in [0.1, 0.15) is 264 Å². The molecule has 0 aliphatic carbocycles. The van der Waals surface area contributed by atoms with Crippen LogP contribution in [0.4, 0.5) is 0 Å². The standard InChI is InChI=1S/C51H97NO5/c1-3-5-7-9-11-13-15-16-21-25-29-33-37-41-45-51(56)57-46-42-38-34-30-26-22-19-17-18-20-24-28-32-36-40-44-50(55)52-48(47-53)49(54)43-39-35-31-27-23-14-12-10-8-6-4-2/h19,22,39,43,48-49,53-54H,3-18,20-21,23-38,40-42,44-47H2,1-2H3,(H,52,55)/b22-19-,43-39+. The Morgan fingerprint density at radius 1 is 0.474 bits per heavy atom. The summed E-state index contributed by atoms with van der Waals surface area (Å²) in [6.45, 7) is 4.85. The van der Waals surface area contributed by atoms with E-state index in [0.717, 1.165) is 70.6 Å². The van der Waals surface area contributed by atoms with Crippen molar-refractivity contribution in [2.75, 3.05) is 13.2 Å². The number of aliphatic hydroxyl groups excluding tert-OH is 2. The first-order valence-electron chi connectivity index (χ1n) is 25.1. The molecule has 0 saturated heterocycles. The van der Waals surface area contributed by atoms with Crippen LogP contribution in [0.2, 0.25) is 0 Å². The van der Waals surface area contributed by atoms with E-state index in [-0.39, 0.29) is 18.5 Å². The molecule has 0 spiro atoms. The van der Waals surface area contributed by atoms with Crippen molar-refractivity contribution in [1.29, 1.82) is 0 Å². The molecule has 0 aliphatic rings. The average molecular weight is 804 g/mol. The number of hydrogen-bond donors (Lipinski definition) is 3. The predicted octanol–water partition coefficient (Wildman–Crippen LogP) is 14.7. The van der Waals surface area contributed by atoms with Gasteiger partial charge in [0, 0.05) is 12.8 Å². The summed E-state index contributed by atoms with van der Waals surface area (Å²) < 4.78 is 5.45. The van der Waals surface area contributed by atoms with Gasteiger partial charge in [0.25, 0.3) is 0 Å². The molecule has 0 rings (SSSR count). The van der Waals surface area contributed by atoms with Crippen molar-refractivity contribution in [3.63, 3.8) is 0 Å². The third-order valence-corrected chi connectivity index (χ3v) is 11.5.